The zero-order valence-corrected chi connectivity index (χ0v) is 9.73. The molecule has 0 atom stereocenters. The molecule has 78 valence electrons. The minimum Gasteiger partial charge on any atom is -0.494 e. The van der Waals surface area contributed by atoms with Crippen LogP contribution in [0.3, 0.4) is 0 Å². The van der Waals surface area contributed by atoms with Crippen molar-refractivity contribution in [2.45, 2.75) is 25.7 Å². The van der Waals surface area contributed by atoms with E-state index in [-0.39, 0.29) is 0 Å². The molecule has 2 nitrogen and oxygen atoms in total. The summed E-state index contributed by atoms with van der Waals surface area (Å²) >= 11 is 4.34. The predicted molar refractivity (Wildman–Crippen MR) is 60.8 cm³/mol. The molecule has 0 saturated carbocycles. The van der Waals surface area contributed by atoms with Gasteiger partial charge in [-0.2, -0.15) is 0 Å². The molecule has 0 amide bonds. The van der Waals surface area contributed by atoms with E-state index in [9.17, 15) is 0 Å². The fraction of sp³-hybridized carbons (Fsp3) is 0.455. The Morgan fingerprint density at radius 3 is 2.21 bits per heavy atom. The molecule has 0 bridgehead atoms. The number of aryl methyl sites for hydroxylation is 1. The molecule has 14 heavy (non-hydrogen) atoms. The average molecular weight is 212 g/mol. The van der Waals surface area contributed by atoms with Crippen molar-refractivity contribution in [1.29, 1.82) is 0 Å². The molecule has 0 aliphatic heterocycles. The van der Waals surface area contributed by atoms with E-state index in [1.165, 1.54) is 0 Å². The molecular formula is C11H16O2S. The highest BCUT2D eigenvalue weighted by molar-refractivity contribution is 7.80. The molecule has 0 fully saturated rings. The van der Waals surface area contributed by atoms with Gasteiger partial charge in [-0.05, 0) is 38.5 Å². The second kappa shape index (κ2) is 5.15. The quantitative estimate of drug-likeness (QED) is 0.773. The first-order valence-electron chi connectivity index (χ1n) is 4.78. The van der Waals surface area contributed by atoms with Crippen molar-refractivity contribution >= 4 is 12.6 Å². The van der Waals surface area contributed by atoms with Gasteiger partial charge in [-0.15, -0.1) is 12.6 Å². The van der Waals surface area contributed by atoms with Gasteiger partial charge < -0.3 is 9.47 Å². The maximum atomic E-state index is 5.45. The van der Waals surface area contributed by atoms with E-state index in [4.69, 9.17) is 9.47 Å². The fourth-order valence-electron chi connectivity index (χ4n) is 1.23. The molecule has 0 N–H and O–H groups in total. The minimum absolute atomic E-state index is 0.654. The van der Waals surface area contributed by atoms with Crippen molar-refractivity contribution in [3.8, 4) is 11.5 Å². The number of hydrogen-bond acceptors (Lipinski definition) is 3. The van der Waals surface area contributed by atoms with Gasteiger partial charge in [-0.3, -0.25) is 0 Å². The second-order valence-corrected chi connectivity index (χ2v) is 3.43. The van der Waals surface area contributed by atoms with Crippen LogP contribution in [0, 0.1) is 6.92 Å². The highest BCUT2D eigenvalue weighted by Gasteiger charge is 2.05. The lowest BCUT2D eigenvalue weighted by atomic mass is 10.2. The molecule has 0 saturated heterocycles. The summed E-state index contributed by atoms with van der Waals surface area (Å²) in [5.74, 6) is 1.69. The maximum absolute atomic E-state index is 5.45. The first-order chi connectivity index (χ1) is 6.69. The van der Waals surface area contributed by atoms with E-state index in [1.54, 1.807) is 0 Å². The van der Waals surface area contributed by atoms with Gasteiger partial charge in [0, 0.05) is 4.90 Å². The normalized spacial score (nSPS) is 10.0. The molecule has 0 unspecified atom stereocenters. The van der Waals surface area contributed by atoms with E-state index in [2.05, 4.69) is 12.6 Å². The Bertz CT molecular complexity index is 279. The van der Waals surface area contributed by atoms with Crippen LogP contribution in [-0.4, -0.2) is 13.2 Å². The zero-order chi connectivity index (χ0) is 10.6. The summed E-state index contributed by atoms with van der Waals surface area (Å²) in [5, 5.41) is 0. The minimum atomic E-state index is 0.654. The molecule has 0 radical (unpaired) electrons. The van der Waals surface area contributed by atoms with Crippen LogP contribution in [0.15, 0.2) is 17.0 Å². The van der Waals surface area contributed by atoms with Crippen LogP contribution in [-0.2, 0) is 0 Å². The molecule has 1 aromatic carbocycles. The lowest BCUT2D eigenvalue weighted by molar-refractivity contribution is 0.322. The average Bonchev–Trinajstić information content (AvgIpc) is 2.14. The molecule has 3 heteroatoms. The maximum Gasteiger partial charge on any atom is 0.133 e. The van der Waals surface area contributed by atoms with Gasteiger partial charge in [0.15, 0.2) is 0 Å². The van der Waals surface area contributed by atoms with Gasteiger partial charge in [0.1, 0.15) is 11.5 Å². The van der Waals surface area contributed by atoms with Crippen molar-refractivity contribution in [1.82, 2.24) is 0 Å². The summed E-state index contributed by atoms with van der Waals surface area (Å²) in [5.41, 5.74) is 1.08. The second-order valence-electron chi connectivity index (χ2n) is 2.95. The van der Waals surface area contributed by atoms with E-state index >= 15 is 0 Å². The predicted octanol–water partition coefficient (Wildman–Crippen LogP) is 3.08. The standard InChI is InChI=1S/C11H16O2S/c1-4-12-9-7-11(14)10(13-5-2)6-8(9)3/h6-7,14H,4-5H2,1-3H3. The Morgan fingerprint density at radius 2 is 1.64 bits per heavy atom. The largest absolute Gasteiger partial charge is 0.494 e. The molecular weight excluding hydrogens is 196 g/mol. The Morgan fingerprint density at radius 1 is 1.07 bits per heavy atom. The van der Waals surface area contributed by atoms with Gasteiger partial charge in [-0.25, -0.2) is 0 Å². The summed E-state index contributed by atoms with van der Waals surface area (Å²) in [4.78, 5) is 0.820. The van der Waals surface area contributed by atoms with Gasteiger partial charge >= 0.3 is 0 Å². The Labute approximate surface area is 90.6 Å². The number of thiol groups is 1. The van der Waals surface area contributed by atoms with E-state index < -0.39 is 0 Å². The van der Waals surface area contributed by atoms with Crippen LogP contribution in [0.2, 0.25) is 0 Å². The van der Waals surface area contributed by atoms with Gasteiger partial charge in [0.25, 0.3) is 0 Å². The molecule has 1 aromatic rings. The summed E-state index contributed by atoms with van der Waals surface area (Å²) in [6.45, 7) is 7.25. The van der Waals surface area contributed by atoms with E-state index in [0.717, 1.165) is 22.0 Å². The van der Waals surface area contributed by atoms with Crippen molar-refractivity contribution in [3.05, 3.63) is 17.7 Å². The Hall–Kier alpha value is -0.830. The van der Waals surface area contributed by atoms with Crippen LogP contribution in [0.4, 0.5) is 0 Å². The third kappa shape index (κ3) is 2.58. The van der Waals surface area contributed by atoms with E-state index in [1.807, 2.05) is 32.9 Å². The summed E-state index contributed by atoms with van der Waals surface area (Å²) in [7, 11) is 0. The number of hydrogen-bond donors (Lipinski definition) is 1. The summed E-state index contributed by atoms with van der Waals surface area (Å²) in [6.07, 6.45) is 0. The van der Waals surface area contributed by atoms with Crippen molar-refractivity contribution in [2.24, 2.45) is 0 Å². The van der Waals surface area contributed by atoms with Crippen LogP contribution in [0.25, 0.3) is 0 Å². The summed E-state index contributed by atoms with van der Waals surface area (Å²) in [6, 6.07) is 3.85. The SMILES string of the molecule is CCOc1cc(S)c(OCC)cc1C. The van der Waals surface area contributed by atoms with Gasteiger partial charge in [0.2, 0.25) is 0 Å². The molecule has 0 spiro atoms. The third-order valence-corrected chi connectivity index (χ3v) is 2.21. The van der Waals surface area contributed by atoms with Gasteiger partial charge in [0.05, 0.1) is 13.2 Å². The molecule has 0 aliphatic carbocycles. The number of rotatable bonds is 4. The first kappa shape index (κ1) is 11.2. The van der Waals surface area contributed by atoms with Crippen molar-refractivity contribution in [2.75, 3.05) is 13.2 Å². The van der Waals surface area contributed by atoms with E-state index in [0.29, 0.717) is 13.2 Å². The Balaban J connectivity index is 2.97. The molecule has 0 aromatic heterocycles. The number of benzene rings is 1. The lowest BCUT2D eigenvalue weighted by Crippen LogP contribution is -1.97. The van der Waals surface area contributed by atoms with Crippen molar-refractivity contribution in [3.63, 3.8) is 0 Å². The zero-order valence-electron chi connectivity index (χ0n) is 8.83. The lowest BCUT2D eigenvalue weighted by Gasteiger charge is -2.11. The van der Waals surface area contributed by atoms with Crippen LogP contribution in [0.1, 0.15) is 19.4 Å². The fourth-order valence-corrected chi connectivity index (χ4v) is 1.48. The first-order valence-corrected chi connectivity index (χ1v) is 5.23. The number of ether oxygens (including phenoxy) is 2. The van der Waals surface area contributed by atoms with Crippen LogP contribution < -0.4 is 9.47 Å². The third-order valence-electron chi connectivity index (χ3n) is 1.86. The monoisotopic (exact) mass is 212 g/mol. The van der Waals surface area contributed by atoms with Crippen LogP contribution in [0.5, 0.6) is 11.5 Å². The smallest absolute Gasteiger partial charge is 0.133 e. The molecule has 0 heterocycles. The Kier molecular flexibility index (Phi) is 4.14. The molecule has 0 aliphatic rings. The topological polar surface area (TPSA) is 18.5 Å². The molecule has 1 rings (SSSR count). The summed E-state index contributed by atoms with van der Waals surface area (Å²) < 4.78 is 10.9. The highest BCUT2D eigenvalue weighted by Crippen LogP contribution is 2.30. The van der Waals surface area contributed by atoms with Gasteiger partial charge in [-0.1, -0.05) is 0 Å². The van der Waals surface area contributed by atoms with Crippen molar-refractivity contribution < 1.29 is 9.47 Å². The highest BCUT2D eigenvalue weighted by atomic mass is 32.1. The van der Waals surface area contributed by atoms with Crippen LogP contribution >= 0.6 is 12.6 Å².